The maximum Gasteiger partial charge on any atom is 0.348 e. The van der Waals surface area contributed by atoms with Gasteiger partial charge in [0, 0.05) is 13.8 Å². The minimum absolute atomic E-state index is 0.225. The quantitative estimate of drug-likeness (QED) is 0.358. The van der Waals surface area contributed by atoms with Gasteiger partial charge in [-0.25, -0.2) is 14.4 Å². The van der Waals surface area contributed by atoms with Crippen LogP contribution in [0.1, 0.15) is 35.3 Å². The van der Waals surface area contributed by atoms with Crippen molar-refractivity contribution >= 4 is 24.0 Å². The Bertz CT molecular complexity index is 933. The van der Waals surface area contributed by atoms with E-state index in [4.69, 9.17) is 14.2 Å². The summed E-state index contributed by atoms with van der Waals surface area (Å²) >= 11 is 0. The van der Waals surface area contributed by atoms with Gasteiger partial charge in [0.25, 0.3) is 5.79 Å². The van der Waals surface area contributed by atoms with E-state index in [1.165, 1.54) is 19.9 Å². The Morgan fingerprint density at radius 1 is 1.00 bits per heavy atom. The van der Waals surface area contributed by atoms with Gasteiger partial charge >= 0.3 is 17.9 Å². The molecule has 138 valence electrons. The number of carbonyl (C=O) groups excluding carboxylic acids is 3. The van der Waals surface area contributed by atoms with E-state index in [2.05, 4.69) is 0 Å². The smallest absolute Gasteiger partial charge is 0.348 e. The zero-order valence-electron chi connectivity index (χ0n) is 15.1. The van der Waals surface area contributed by atoms with Crippen LogP contribution in [0.4, 0.5) is 0 Å². The first-order valence-corrected chi connectivity index (χ1v) is 8.31. The average Bonchev–Trinajstić information content (AvgIpc) is 2.58. The lowest BCUT2D eigenvalue weighted by Crippen LogP contribution is -2.41. The first-order valence-electron chi connectivity index (χ1n) is 8.31. The molecular weight excluding hydrogens is 348 g/mol. The molecule has 0 aliphatic carbocycles. The van der Waals surface area contributed by atoms with Gasteiger partial charge in [-0.3, -0.25) is 0 Å². The van der Waals surface area contributed by atoms with E-state index in [1.807, 2.05) is 13.0 Å². The predicted molar refractivity (Wildman–Crippen MR) is 96.8 cm³/mol. The summed E-state index contributed by atoms with van der Waals surface area (Å²) in [6.07, 6.45) is 1.34. The van der Waals surface area contributed by atoms with Crippen molar-refractivity contribution in [2.24, 2.45) is 0 Å². The van der Waals surface area contributed by atoms with Gasteiger partial charge in [0.1, 0.15) is 11.3 Å². The number of aryl methyl sites for hydroxylation is 1. The van der Waals surface area contributed by atoms with Gasteiger partial charge in [-0.1, -0.05) is 29.8 Å². The van der Waals surface area contributed by atoms with Crippen LogP contribution in [0.15, 0.2) is 54.1 Å². The zero-order chi connectivity index (χ0) is 19.6. The molecule has 0 saturated carbocycles. The summed E-state index contributed by atoms with van der Waals surface area (Å²) in [5.41, 5.74) is 1.64. The maximum absolute atomic E-state index is 12.3. The number of hydrogen-bond acceptors (Lipinski definition) is 6. The summed E-state index contributed by atoms with van der Waals surface area (Å²) < 4.78 is 15.5. The molecule has 0 aromatic heterocycles. The van der Waals surface area contributed by atoms with Crippen LogP contribution in [-0.4, -0.2) is 23.7 Å². The lowest BCUT2D eigenvalue weighted by Gasteiger charge is -2.29. The minimum atomic E-state index is -1.29. The molecule has 0 N–H and O–H groups in total. The summed E-state index contributed by atoms with van der Waals surface area (Å²) in [6, 6.07) is 13.5. The van der Waals surface area contributed by atoms with Crippen LogP contribution >= 0.6 is 0 Å². The van der Waals surface area contributed by atoms with E-state index < -0.39 is 23.7 Å². The minimum Gasteiger partial charge on any atom is -0.423 e. The molecule has 1 aliphatic rings. The standard InChI is InChI=1S/C21H18O6/c1-13-6-4-8-15(10-13)18(22)25-16-9-5-7-14(11-16)12-17-19(23)26-21(2,3)27-20(17)24/h4-12H,1-3H3. The van der Waals surface area contributed by atoms with E-state index in [1.54, 1.807) is 42.5 Å². The third kappa shape index (κ3) is 4.41. The third-order valence-electron chi connectivity index (χ3n) is 3.75. The van der Waals surface area contributed by atoms with Crippen LogP contribution in [0, 0.1) is 6.92 Å². The lowest BCUT2D eigenvalue weighted by molar-refractivity contribution is -0.222. The maximum atomic E-state index is 12.3. The van der Waals surface area contributed by atoms with E-state index >= 15 is 0 Å². The van der Waals surface area contributed by atoms with Crippen molar-refractivity contribution in [3.8, 4) is 5.75 Å². The van der Waals surface area contributed by atoms with Crippen LogP contribution in [0.5, 0.6) is 5.75 Å². The summed E-state index contributed by atoms with van der Waals surface area (Å²) in [5, 5.41) is 0. The van der Waals surface area contributed by atoms with Crippen molar-refractivity contribution < 1.29 is 28.6 Å². The molecule has 1 aliphatic heterocycles. The molecule has 6 heteroatoms. The summed E-state index contributed by atoms with van der Waals surface area (Å²) in [7, 11) is 0. The van der Waals surface area contributed by atoms with Gasteiger partial charge in [0.05, 0.1) is 5.56 Å². The number of carbonyl (C=O) groups is 3. The van der Waals surface area contributed by atoms with Crippen molar-refractivity contribution in [3.05, 3.63) is 70.8 Å². The van der Waals surface area contributed by atoms with E-state index in [0.717, 1.165) is 5.56 Å². The van der Waals surface area contributed by atoms with E-state index in [-0.39, 0.29) is 11.3 Å². The number of ether oxygens (including phenoxy) is 3. The third-order valence-corrected chi connectivity index (χ3v) is 3.75. The second-order valence-corrected chi connectivity index (χ2v) is 6.57. The van der Waals surface area contributed by atoms with Crippen LogP contribution in [0.2, 0.25) is 0 Å². The number of hydrogen-bond donors (Lipinski definition) is 0. The Hall–Kier alpha value is -3.41. The molecule has 0 bridgehead atoms. The molecule has 6 nitrogen and oxygen atoms in total. The second-order valence-electron chi connectivity index (χ2n) is 6.57. The highest BCUT2D eigenvalue weighted by Gasteiger charge is 2.38. The monoisotopic (exact) mass is 366 g/mol. The van der Waals surface area contributed by atoms with Crippen molar-refractivity contribution in [2.45, 2.75) is 26.6 Å². The number of cyclic esters (lactones) is 2. The van der Waals surface area contributed by atoms with Crippen molar-refractivity contribution in [2.75, 3.05) is 0 Å². The second kappa shape index (κ2) is 7.07. The Labute approximate surface area is 156 Å². The van der Waals surface area contributed by atoms with Crippen molar-refractivity contribution in [1.29, 1.82) is 0 Å². The molecule has 1 fully saturated rings. The van der Waals surface area contributed by atoms with E-state index in [0.29, 0.717) is 11.1 Å². The molecule has 0 amide bonds. The number of rotatable bonds is 3. The van der Waals surface area contributed by atoms with Crippen molar-refractivity contribution in [1.82, 2.24) is 0 Å². The summed E-state index contributed by atoms with van der Waals surface area (Å²) in [6.45, 7) is 4.84. The van der Waals surface area contributed by atoms with Crippen LogP contribution in [0.25, 0.3) is 6.08 Å². The molecule has 1 heterocycles. The highest BCUT2D eigenvalue weighted by molar-refractivity contribution is 6.18. The van der Waals surface area contributed by atoms with E-state index in [9.17, 15) is 14.4 Å². The van der Waals surface area contributed by atoms with Crippen LogP contribution < -0.4 is 4.74 Å². The molecule has 0 atom stereocenters. The predicted octanol–water partition coefficient (Wildman–Crippen LogP) is 3.43. The molecule has 0 radical (unpaired) electrons. The SMILES string of the molecule is Cc1cccc(C(=O)Oc2cccc(C=C3C(=O)OC(C)(C)OC3=O)c2)c1. The molecule has 3 rings (SSSR count). The Morgan fingerprint density at radius 2 is 1.67 bits per heavy atom. The molecule has 2 aromatic rings. The Balaban J connectivity index is 1.81. The fraction of sp³-hybridized carbons (Fsp3) is 0.190. The molecule has 2 aromatic carbocycles. The molecule has 0 spiro atoms. The van der Waals surface area contributed by atoms with Crippen LogP contribution in [0.3, 0.4) is 0 Å². The number of esters is 3. The van der Waals surface area contributed by atoms with Crippen molar-refractivity contribution in [3.63, 3.8) is 0 Å². The van der Waals surface area contributed by atoms with Gasteiger partial charge < -0.3 is 14.2 Å². The zero-order valence-corrected chi connectivity index (χ0v) is 15.1. The summed E-state index contributed by atoms with van der Waals surface area (Å²) in [4.78, 5) is 36.3. The molecule has 0 unspecified atom stereocenters. The Kier molecular flexibility index (Phi) is 4.81. The highest BCUT2D eigenvalue weighted by Crippen LogP contribution is 2.25. The topological polar surface area (TPSA) is 78.9 Å². The highest BCUT2D eigenvalue weighted by atomic mass is 16.7. The van der Waals surface area contributed by atoms with Gasteiger partial charge in [0.15, 0.2) is 0 Å². The summed E-state index contributed by atoms with van der Waals surface area (Å²) in [5.74, 6) is -3.04. The largest absolute Gasteiger partial charge is 0.423 e. The molecule has 1 saturated heterocycles. The first-order chi connectivity index (χ1) is 12.7. The Morgan fingerprint density at radius 3 is 2.33 bits per heavy atom. The average molecular weight is 366 g/mol. The number of benzene rings is 2. The lowest BCUT2D eigenvalue weighted by atomic mass is 10.1. The van der Waals surface area contributed by atoms with Gasteiger partial charge in [-0.15, -0.1) is 0 Å². The van der Waals surface area contributed by atoms with Gasteiger partial charge in [-0.2, -0.15) is 0 Å². The van der Waals surface area contributed by atoms with Crippen LogP contribution in [-0.2, 0) is 19.1 Å². The van der Waals surface area contributed by atoms with Gasteiger partial charge in [-0.05, 0) is 42.8 Å². The fourth-order valence-corrected chi connectivity index (χ4v) is 2.55. The molecular formula is C21H18O6. The normalized spacial score (nSPS) is 15.6. The molecule has 27 heavy (non-hydrogen) atoms. The first kappa shape index (κ1) is 18.4. The van der Waals surface area contributed by atoms with Gasteiger partial charge in [0.2, 0.25) is 0 Å². The fourth-order valence-electron chi connectivity index (χ4n) is 2.55.